The van der Waals surface area contributed by atoms with Crippen LogP contribution in [-0.4, -0.2) is 18.3 Å². The molecule has 0 N–H and O–H groups in total. The number of hydrogen-bond donors (Lipinski definition) is 0. The van der Waals surface area contributed by atoms with Crippen molar-refractivity contribution in [2.75, 3.05) is 0 Å². The van der Waals surface area contributed by atoms with E-state index in [0.717, 1.165) is 0 Å². The van der Waals surface area contributed by atoms with Gasteiger partial charge in [-0.3, -0.25) is 0 Å². The monoisotopic (exact) mass is 238 g/mol. The van der Waals surface area contributed by atoms with E-state index >= 15 is 0 Å². The summed E-state index contributed by atoms with van der Waals surface area (Å²) >= 11 is 0. The van der Waals surface area contributed by atoms with Gasteiger partial charge in [0, 0.05) is 5.31 Å². The summed E-state index contributed by atoms with van der Waals surface area (Å²) in [4.78, 5) is 0. The lowest BCUT2D eigenvalue weighted by atomic mass is 9.44. The van der Waals surface area contributed by atoms with E-state index < -0.39 is 0 Å². The van der Waals surface area contributed by atoms with Crippen LogP contribution in [0, 0.1) is 5.92 Å². The van der Waals surface area contributed by atoms with Gasteiger partial charge in [0.2, 0.25) is 0 Å². The van der Waals surface area contributed by atoms with Crippen molar-refractivity contribution in [3.8, 4) is 0 Å². The maximum atomic E-state index is 6.25. The molecule has 98 valence electrons. The molecule has 2 aliphatic rings. The predicted octanol–water partition coefficient (Wildman–Crippen LogP) is 4.05. The van der Waals surface area contributed by atoms with Gasteiger partial charge in [-0.25, -0.2) is 0 Å². The van der Waals surface area contributed by atoms with Crippen molar-refractivity contribution in [1.82, 2.24) is 0 Å². The highest BCUT2D eigenvalue weighted by Crippen LogP contribution is 2.59. The van der Waals surface area contributed by atoms with E-state index in [1.54, 1.807) is 0 Å². The van der Waals surface area contributed by atoms with Crippen molar-refractivity contribution < 1.29 is 9.31 Å². The second-order valence-electron chi connectivity index (χ2n) is 7.40. The van der Waals surface area contributed by atoms with Crippen molar-refractivity contribution >= 4 is 7.12 Å². The minimum Gasteiger partial charge on any atom is -0.403 e. The van der Waals surface area contributed by atoms with E-state index in [9.17, 15) is 0 Å². The Bertz CT molecular complexity index is 277. The van der Waals surface area contributed by atoms with E-state index in [-0.39, 0.29) is 18.3 Å². The Morgan fingerprint density at radius 2 is 1.47 bits per heavy atom. The van der Waals surface area contributed by atoms with Crippen LogP contribution in [0.4, 0.5) is 0 Å². The van der Waals surface area contributed by atoms with Gasteiger partial charge in [0.05, 0.1) is 11.2 Å². The Balaban J connectivity index is 2.13. The van der Waals surface area contributed by atoms with E-state index in [4.69, 9.17) is 9.31 Å². The van der Waals surface area contributed by atoms with Crippen LogP contribution in [0.2, 0.25) is 5.31 Å². The molecular weight excluding hydrogens is 211 g/mol. The van der Waals surface area contributed by atoms with Crippen molar-refractivity contribution in [1.29, 1.82) is 0 Å². The quantitative estimate of drug-likeness (QED) is 0.690. The van der Waals surface area contributed by atoms with Gasteiger partial charge in [0.25, 0.3) is 0 Å². The molecule has 2 nitrogen and oxygen atoms in total. The topological polar surface area (TPSA) is 18.5 Å². The lowest BCUT2D eigenvalue weighted by Gasteiger charge is -2.44. The van der Waals surface area contributed by atoms with Gasteiger partial charge in [-0.1, -0.05) is 20.3 Å². The molecule has 0 bridgehead atoms. The molecule has 1 heterocycles. The number of rotatable bonds is 3. The fraction of sp³-hybridized carbons (Fsp3) is 1.00. The summed E-state index contributed by atoms with van der Waals surface area (Å²) in [6, 6.07) is 0. The van der Waals surface area contributed by atoms with Gasteiger partial charge >= 0.3 is 7.12 Å². The first-order valence-corrected chi connectivity index (χ1v) is 7.04. The maximum Gasteiger partial charge on any atom is 0.464 e. The molecule has 0 aromatic carbocycles. The zero-order valence-corrected chi connectivity index (χ0v) is 12.3. The van der Waals surface area contributed by atoms with Crippen molar-refractivity contribution in [2.45, 2.75) is 83.7 Å². The summed E-state index contributed by atoms with van der Waals surface area (Å²) in [5.41, 5.74) is -0.367. The van der Waals surface area contributed by atoms with Gasteiger partial charge in [0.15, 0.2) is 0 Å². The Morgan fingerprint density at radius 3 is 1.76 bits per heavy atom. The average Bonchev–Trinajstić information content (AvgIpc) is 2.28. The average molecular weight is 238 g/mol. The highest BCUT2D eigenvalue weighted by atomic mass is 16.7. The fourth-order valence-electron chi connectivity index (χ4n) is 3.07. The third-order valence-electron chi connectivity index (χ3n) is 4.92. The van der Waals surface area contributed by atoms with Crippen LogP contribution in [0.1, 0.15) is 67.2 Å². The summed E-state index contributed by atoms with van der Waals surface area (Å²) < 4.78 is 12.5. The number of hydrogen-bond acceptors (Lipinski definition) is 2. The first kappa shape index (κ1) is 13.4. The fourth-order valence-corrected chi connectivity index (χ4v) is 3.07. The molecule has 0 amide bonds. The Kier molecular flexibility index (Phi) is 3.15. The molecule has 0 atom stereocenters. The molecule has 0 radical (unpaired) electrons. The van der Waals surface area contributed by atoms with Crippen LogP contribution >= 0.6 is 0 Å². The molecule has 1 aliphatic carbocycles. The summed E-state index contributed by atoms with van der Waals surface area (Å²) in [6.07, 6.45) is 5.09. The summed E-state index contributed by atoms with van der Waals surface area (Å²) in [5, 5.41) is 0.291. The SMILES string of the molecule is CC(C)CC1(B2OC(C)(C)C(C)(C)O2)CCC1. The van der Waals surface area contributed by atoms with E-state index in [2.05, 4.69) is 41.5 Å². The zero-order chi connectivity index (χ0) is 12.9. The first-order chi connectivity index (χ1) is 7.69. The normalized spacial score (nSPS) is 29.5. The van der Waals surface area contributed by atoms with Gasteiger partial charge < -0.3 is 9.31 Å². The van der Waals surface area contributed by atoms with Crippen molar-refractivity contribution in [3.63, 3.8) is 0 Å². The van der Waals surface area contributed by atoms with E-state index in [1.807, 2.05) is 0 Å². The molecule has 0 spiro atoms. The summed E-state index contributed by atoms with van der Waals surface area (Å²) in [5.74, 6) is 0.717. The Morgan fingerprint density at radius 1 is 1.00 bits per heavy atom. The molecule has 2 rings (SSSR count). The van der Waals surface area contributed by atoms with Crippen LogP contribution < -0.4 is 0 Å². The van der Waals surface area contributed by atoms with Gasteiger partial charge in [-0.2, -0.15) is 0 Å². The van der Waals surface area contributed by atoms with Crippen molar-refractivity contribution in [3.05, 3.63) is 0 Å². The summed E-state index contributed by atoms with van der Waals surface area (Å²) in [6.45, 7) is 13.2. The minimum absolute atomic E-state index is 0.00338. The molecule has 0 unspecified atom stereocenters. The second-order valence-corrected chi connectivity index (χ2v) is 7.40. The Hall–Kier alpha value is -0.0151. The van der Waals surface area contributed by atoms with Crippen LogP contribution in [-0.2, 0) is 9.31 Å². The molecule has 0 aromatic rings. The highest BCUT2D eigenvalue weighted by Gasteiger charge is 2.61. The van der Waals surface area contributed by atoms with Crippen LogP contribution in [0.3, 0.4) is 0 Å². The van der Waals surface area contributed by atoms with E-state index in [0.29, 0.717) is 11.2 Å². The minimum atomic E-state index is -0.183. The Labute approximate surface area is 107 Å². The van der Waals surface area contributed by atoms with Crippen LogP contribution in [0.25, 0.3) is 0 Å². The maximum absolute atomic E-state index is 6.25. The highest BCUT2D eigenvalue weighted by molar-refractivity contribution is 6.50. The molecule has 17 heavy (non-hydrogen) atoms. The molecule has 1 saturated carbocycles. The van der Waals surface area contributed by atoms with Gasteiger partial charge in [-0.15, -0.1) is 0 Å². The standard InChI is InChI=1S/C14H27BO2/c1-11(2)10-14(8-7-9-14)15-16-12(3,4)13(5,6)17-15/h11H,7-10H2,1-6H3. The molecule has 3 heteroatoms. The smallest absolute Gasteiger partial charge is 0.403 e. The molecule has 1 aliphatic heterocycles. The molecule has 0 aromatic heterocycles. The molecule has 2 fully saturated rings. The zero-order valence-electron chi connectivity index (χ0n) is 12.3. The van der Waals surface area contributed by atoms with Crippen LogP contribution in [0.5, 0.6) is 0 Å². The van der Waals surface area contributed by atoms with Crippen LogP contribution in [0.15, 0.2) is 0 Å². The first-order valence-electron chi connectivity index (χ1n) is 7.04. The van der Waals surface area contributed by atoms with Gasteiger partial charge in [0.1, 0.15) is 0 Å². The van der Waals surface area contributed by atoms with E-state index in [1.165, 1.54) is 25.7 Å². The molecular formula is C14H27BO2. The third kappa shape index (κ3) is 2.17. The molecule has 1 saturated heterocycles. The lowest BCUT2D eigenvalue weighted by Crippen LogP contribution is -2.42. The lowest BCUT2D eigenvalue weighted by molar-refractivity contribution is 0.00578. The summed E-state index contributed by atoms with van der Waals surface area (Å²) in [7, 11) is 0.00338. The van der Waals surface area contributed by atoms with Crippen molar-refractivity contribution in [2.24, 2.45) is 5.92 Å². The third-order valence-corrected chi connectivity index (χ3v) is 4.92. The second kappa shape index (κ2) is 3.99. The predicted molar refractivity (Wildman–Crippen MR) is 72.1 cm³/mol. The van der Waals surface area contributed by atoms with Gasteiger partial charge in [-0.05, 0) is 52.9 Å². The largest absolute Gasteiger partial charge is 0.464 e.